The van der Waals surface area contributed by atoms with Crippen LogP contribution in [0.4, 0.5) is 0 Å². The first kappa shape index (κ1) is 16.7. The number of hydrogen-bond acceptors (Lipinski definition) is 3. The Kier molecular flexibility index (Phi) is 4.10. The van der Waals surface area contributed by atoms with Gasteiger partial charge >= 0.3 is 0 Å². The lowest BCUT2D eigenvalue weighted by molar-refractivity contribution is -0.127. The third-order valence-corrected chi connectivity index (χ3v) is 6.66. The van der Waals surface area contributed by atoms with Crippen molar-refractivity contribution in [1.82, 2.24) is 15.3 Å². The van der Waals surface area contributed by atoms with Crippen molar-refractivity contribution < 1.29 is 4.79 Å². The molecule has 1 amide bonds. The summed E-state index contributed by atoms with van der Waals surface area (Å²) in [5, 5.41) is 3.90. The second-order valence-corrected chi connectivity index (χ2v) is 8.31. The zero-order valence-corrected chi connectivity index (χ0v) is 15.4. The fourth-order valence-corrected chi connectivity index (χ4v) is 5.36. The van der Waals surface area contributed by atoms with E-state index >= 15 is 0 Å². The van der Waals surface area contributed by atoms with E-state index in [4.69, 9.17) is 4.98 Å². The maximum atomic E-state index is 13.2. The maximum Gasteiger partial charge on any atom is 0.258 e. The Hall–Kier alpha value is -2.43. The molecule has 2 bridgehead atoms. The van der Waals surface area contributed by atoms with Gasteiger partial charge in [-0.3, -0.25) is 9.59 Å². The van der Waals surface area contributed by atoms with Crippen LogP contribution in [0.3, 0.4) is 0 Å². The zero-order valence-electron chi connectivity index (χ0n) is 15.4. The molecule has 3 aliphatic rings. The van der Waals surface area contributed by atoms with E-state index in [0.29, 0.717) is 22.8 Å². The molecule has 1 aromatic heterocycles. The van der Waals surface area contributed by atoms with Gasteiger partial charge in [-0.15, -0.1) is 0 Å². The minimum atomic E-state index is -0.133. The van der Waals surface area contributed by atoms with E-state index < -0.39 is 0 Å². The quantitative estimate of drug-likeness (QED) is 0.822. The summed E-state index contributed by atoms with van der Waals surface area (Å²) >= 11 is 0. The first-order valence-electron chi connectivity index (χ1n) is 10.2. The molecule has 5 heteroatoms. The Morgan fingerprint density at radius 3 is 2.70 bits per heavy atom. The van der Waals surface area contributed by atoms with Crippen molar-refractivity contribution in [1.29, 1.82) is 0 Å². The fraction of sp³-hybridized carbons (Fsp3) is 0.500. The van der Waals surface area contributed by atoms with Crippen molar-refractivity contribution in [3.8, 4) is 0 Å². The lowest BCUT2D eigenvalue weighted by atomic mass is 9.81. The summed E-state index contributed by atoms with van der Waals surface area (Å²) in [5.74, 6) is 1.16. The second-order valence-electron chi connectivity index (χ2n) is 8.31. The third-order valence-electron chi connectivity index (χ3n) is 6.66. The number of fused-ring (bicyclic) bond motifs is 3. The lowest BCUT2D eigenvalue weighted by Gasteiger charge is -2.30. The predicted molar refractivity (Wildman–Crippen MR) is 104 cm³/mol. The number of carbonyl (C=O) groups excluding carboxylic acids is 1. The van der Waals surface area contributed by atoms with Crippen LogP contribution in [0.2, 0.25) is 0 Å². The molecule has 3 aliphatic carbocycles. The molecule has 2 saturated carbocycles. The largest absolute Gasteiger partial charge is 0.353 e. The highest BCUT2D eigenvalue weighted by atomic mass is 16.2. The van der Waals surface area contributed by atoms with Crippen LogP contribution in [0.5, 0.6) is 0 Å². The smallest absolute Gasteiger partial charge is 0.258 e. The van der Waals surface area contributed by atoms with Crippen LogP contribution in [-0.2, 0) is 4.79 Å². The number of para-hydroxylation sites is 1. The Labute approximate surface area is 158 Å². The van der Waals surface area contributed by atoms with Gasteiger partial charge in [0.05, 0.1) is 16.8 Å². The van der Waals surface area contributed by atoms with Gasteiger partial charge in [0.25, 0.3) is 5.56 Å². The van der Waals surface area contributed by atoms with Crippen LogP contribution in [0, 0.1) is 17.8 Å². The molecule has 2 fully saturated rings. The van der Waals surface area contributed by atoms with Crippen molar-refractivity contribution in [2.45, 2.75) is 50.5 Å². The molecule has 5 rings (SSSR count). The standard InChI is InChI=1S/C22H25N3O2/c26-21-16-8-4-5-9-17(16)24-20(25-21)18-13-10-11-14(12-13)19(18)22(27)23-15-6-2-1-3-7-15/h4-5,8-11,13-15,18-19H,1-3,6-7,12H2,(H,23,27)(H,24,25,26)/t13-,14-,18+,19-/m0/s1. The molecule has 1 aromatic carbocycles. The number of allylic oxidation sites excluding steroid dienone is 2. The molecule has 2 aromatic rings. The van der Waals surface area contributed by atoms with Crippen LogP contribution in [0.15, 0.2) is 41.2 Å². The first-order valence-corrected chi connectivity index (χ1v) is 10.2. The SMILES string of the molecule is O=C(NC1CCCCC1)[C@@H]1[C@H](c2nc3ccccc3c(=O)[nH]2)[C@H]2C=C[C@H]1C2. The minimum Gasteiger partial charge on any atom is -0.353 e. The Morgan fingerprint density at radius 2 is 1.85 bits per heavy atom. The summed E-state index contributed by atoms with van der Waals surface area (Å²) < 4.78 is 0. The highest BCUT2D eigenvalue weighted by molar-refractivity contribution is 5.82. The summed E-state index contributed by atoms with van der Waals surface area (Å²) in [6, 6.07) is 7.71. The Bertz CT molecular complexity index is 957. The van der Waals surface area contributed by atoms with Crippen molar-refractivity contribution >= 4 is 16.8 Å². The van der Waals surface area contributed by atoms with E-state index in [-0.39, 0.29) is 35.1 Å². The Morgan fingerprint density at radius 1 is 1.07 bits per heavy atom. The van der Waals surface area contributed by atoms with E-state index in [1.807, 2.05) is 18.2 Å². The molecule has 0 spiro atoms. The fourth-order valence-electron chi connectivity index (χ4n) is 5.36. The van der Waals surface area contributed by atoms with Crippen LogP contribution >= 0.6 is 0 Å². The second kappa shape index (κ2) is 6.63. The van der Waals surface area contributed by atoms with Crippen molar-refractivity contribution in [3.05, 3.63) is 52.6 Å². The van der Waals surface area contributed by atoms with Gasteiger partial charge in [0.15, 0.2) is 0 Å². The number of H-pyrrole nitrogens is 1. The molecule has 1 heterocycles. The molecule has 0 radical (unpaired) electrons. The average molecular weight is 363 g/mol. The molecule has 27 heavy (non-hydrogen) atoms. The summed E-state index contributed by atoms with van der Waals surface area (Å²) in [6.45, 7) is 0. The van der Waals surface area contributed by atoms with Crippen LogP contribution in [-0.4, -0.2) is 21.9 Å². The number of hydrogen-bond donors (Lipinski definition) is 2. The highest BCUT2D eigenvalue weighted by Gasteiger charge is 2.50. The Balaban J connectivity index is 1.48. The van der Waals surface area contributed by atoms with E-state index in [0.717, 1.165) is 19.3 Å². The van der Waals surface area contributed by atoms with Gasteiger partial charge in [0, 0.05) is 12.0 Å². The lowest BCUT2D eigenvalue weighted by Crippen LogP contribution is -2.43. The summed E-state index contributed by atoms with van der Waals surface area (Å²) in [6.07, 6.45) is 11.2. The number of carbonyl (C=O) groups is 1. The van der Waals surface area contributed by atoms with Crippen LogP contribution < -0.4 is 10.9 Å². The monoisotopic (exact) mass is 363 g/mol. The number of aromatic amines is 1. The van der Waals surface area contributed by atoms with Gasteiger partial charge in [-0.05, 0) is 43.2 Å². The van der Waals surface area contributed by atoms with Gasteiger partial charge in [0.1, 0.15) is 5.82 Å². The molecule has 0 unspecified atom stereocenters. The first-order chi connectivity index (χ1) is 13.2. The number of amides is 1. The molecule has 4 atom stereocenters. The van der Waals surface area contributed by atoms with Gasteiger partial charge < -0.3 is 10.3 Å². The van der Waals surface area contributed by atoms with Gasteiger partial charge in [0.2, 0.25) is 5.91 Å². The topological polar surface area (TPSA) is 74.8 Å². The molecule has 5 nitrogen and oxygen atoms in total. The predicted octanol–water partition coefficient (Wildman–Crippen LogP) is 3.28. The van der Waals surface area contributed by atoms with Crippen LogP contribution in [0.25, 0.3) is 10.9 Å². The molecule has 140 valence electrons. The van der Waals surface area contributed by atoms with Gasteiger partial charge in [-0.1, -0.05) is 43.5 Å². The average Bonchev–Trinajstić information content (AvgIpc) is 3.30. The number of nitrogens with one attached hydrogen (secondary N) is 2. The number of rotatable bonds is 3. The molecular formula is C22H25N3O2. The summed E-state index contributed by atoms with van der Waals surface area (Å²) in [7, 11) is 0. The number of benzene rings is 1. The summed E-state index contributed by atoms with van der Waals surface area (Å²) in [5.41, 5.74) is 0.586. The van der Waals surface area contributed by atoms with Gasteiger partial charge in [-0.2, -0.15) is 0 Å². The molecular weight excluding hydrogens is 338 g/mol. The van der Waals surface area contributed by atoms with Crippen molar-refractivity contribution in [2.24, 2.45) is 17.8 Å². The number of aromatic nitrogens is 2. The van der Waals surface area contributed by atoms with Crippen molar-refractivity contribution in [2.75, 3.05) is 0 Å². The maximum absolute atomic E-state index is 13.2. The van der Waals surface area contributed by atoms with Crippen molar-refractivity contribution in [3.63, 3.8) is 0 Å². The van der Waals surface area contributed by atoms with E-state index in [9.17, 15) is 9.59 Å². The van der Waals surface area contributed by atoms with E-state index in [1.165, 1.54) is 19.3 Å². The number of nitrogens with zero attached hydrogens (tertiary/aromatic N) is 1. The minimum absolute atomic E-state index is 0.0408. The third kappa shape index (κ3) is 2.89. The molecule has 2 N–H and O–H groups in total. The summed E-state index contributed by atoms with van der Waals surface area (Å²) in [4.78, 5) is 33.4. The normalized spacial score (nSPS) is 30.1. The van der Waals surface area contributed by atoms with E-state index in [2.05, 4.69) is 22.5 Å². The van der Waals surface area contributed by atoms with E-state index in [1.54, 1.807) is 6.07 Å². The molecule has 0 aliphatic heterocycles. The zero-order chi connectivity index (χ0) is 18.4. The molecule has 0 saturated heterocycles. The highest BCUT2D eigenvalue weighted by Crippen LogP contribution is 2.52. The van der Waals surface area contributed by atoms with Crippen LogP contribution in [0.1, 0.15) is 50.3 Å². The van der Waals surface area contributed by atoms with Gasteiger partial charge in [-0.25, -0.2) is 4.98 Å².